The fourth-order valence-corrected chi connectivity index (χ4v) is 4.17. The molecule has 1 aromatic heterocycles. The first-order valence-electron chi connectivity index (χ1n) is 10.2. The van der Waals surface area contributed by atoms with Gasteiger partial charge in [0.15, 0.2) is 0 Å². The highest BCUT2D eigenvalue weighted by Crippen LogP contribution is 2.37. The summed E-state index contributed by atoms with van der Waals surface area (Å²) < 4.78 is 0. The third-order valence-electron chi connectivity index (χ3n) is 5.51. The fraction of sp³-hybridized carbons (Fsp3) is 0.391. The predicted octanol–water partition coefficient (Wildman–Crippen LogP) is 5.80. The molecule has 0 bridgehead atoms. The Kier molecular flexibility index (Phi) is 5.52. The molecular formula is C23H28N4. The number of rotatable bonds is 6. The summed E-state index contributed by atoms with van der Waals surface area (Å²) in [6.07, 6.45) is 6.55. The highest BCUT2D eigenvalue weighted by atomic mass is 15.1. The van der Waals surface area contributed by atoms with Gasteiger partial charge in [-0.15, -0.1) is 0 Å². The summed E-state index contributed by atoms with van der Waals surface area (Å²) in [5.41, 5.74) is 2.32. The van der Waals surface area contributed by atoms with Gasteiger partial charge in [0.1, 0.15) is 5.82 Å². The lowest BCUT2D eigenvalue weighted by Crippen LogP contribution is -2.24. The molecule has 1 atom stereocenters. The molecule has 3 aromatic rings. The largest absolute Gasteiger partial charge is 0.362 e. The SMILES string of the molecule is CCNc1nc(NC(c2ccccc2)C2CCCCC2)c2ccccc2n1. The van der Waals surface area contributed by atoms with Crippen LogP contribution in [0.5, 0.6) is 0 Å². The Hall–Kier alpha value is -2.62. The van der Waals surface area contributed by atoms with Gasteiger partial charge in [-0.3, -0.25) is 0 Å². The molecule has 0 amide bonds. The van der Waals surface area contributed by atoms with Gasteiger partial charge in [0.2, 0.25) is 5.95 Å². The molecule has 1 aliphatic rings. The van der Waals surface area contributed by atoms with Crippen molar-refractivity contribution in [1.82, 2.24) is 9.97 Å². The number of nitrogens with zero attached hydrogens (tertiary/aromatic N) is 2. The average Bonchev–Trinajstić information content (AvgIpc) is 2.73. The normalized spacial score (nSPS) is 16.2. The maximum atomic E-state index is 4.82. The minimum atomic E-state index is 0.277. The number of anilines is 2. The summed E-state index contributed by atoms with van der Waals surface area (Å²) in [4.78, 5) is 9.47. The van der Waals surface area contributed by atoms with Crippen LogP contribution in [0.4, 0.5) is 11.8 Å². The van der Waals surface area contributed by atoms with Crippen LogP contribution in [0.25, 0.3) is 10.9 Å². The van der Waals surface area contributed by atoms with Crippen LogP contribution in [0.3, 0.4) is 0 Å². The third-order valence-corrected chi connectivity index (χ3v) is 5.51. The zero-order valence-electron chi connectivity index (χ0n) is 16.0. The molecule has 1 heterocycles. The zero-order valence-corrected chi connectivity index (χ0v) is 16.0. The third kappa shape index (κ3) is 4.05. The van der Waals surface area contributed by atoms with Crippen molar-refractivity contribution in [2.45, 2.75) is 45.1 Å². The van der Waals surface area contributed by atoms with Gasteiger partial charge in [-0.05, 0) is 43.4 Å². The summed E-state index contributed by atoms with van der Waals surface area (Å²) in [6, 6.07) is 19.4. The first kappa shape index (κ1) is 17.8. The molecule has 2 N–H and O–H groups in total. The summed E-state index contributed by atoms with van der Waals surface area (Å²) in [7, 11) is 0. The van der Waals surface area contributed by atoms with Crippen molar-refractivity contribution >= 4 is 22.7 Å². The average molecular weight is 361 g/mol. The molecule has 1 fully saturated rings. The van der Waals surface area contributed by atoms with Crippen molar-refractivity contribution < 1.29 is 0 Å². The van der Waals surface area contributed by atoms with Gasteiger partial charge >= 0.3 is 0 Å². The number of benzene rings is 2. The number of fused-ring (bicyclic) bond motifs is 1. The van der Waals surface area contributed by atoms with Gasteiger partial charge in [-0.25, -0.2) is 4.98 Å². The molecule has 1 saturated carbocycles. The Bertz CT molecular complexity index is 872. The van der Waals surface area contributed by atoms with E-state index in [1.54, 1.807) is 0 Å². The summed E-state index contributed by atoms with van der Waals surface area (Å²) in [6.45, 7) is 2.88. The Labute approximate surface area is 161 Å². The smallest absolute Gasteiger partial charge is 0.225 e. The summed E-state index contributed by atoms with van der Waals surface area (Å²) in [5.74, 6) is 2.25. The van der Waals surface area contributed by atoms with E-state index in [2.05, 4.69) is 71.1 Å². The van der Waals surface area contributed by atoms with Crippen molar-refractivity contribution in [2.24, 2.45) is 5.92 Å². The second-order valence-corrected chi connectivity index (χ2v) is 7.37. The lowest BCUT2D eigenvalue weighted by atomic mass is 9.81. The van der Waals surface area contributed by atoms with Gasteiger partial charge in [-0.1, -0.05) is 61.7 Å². The highest BCUT2D eigenvalue weighted by Gasteiger charge is 2.26. The maximum absolute atomic E-state index is 4.82. The van der Waals surface area contributed by atoms with Crippen molar-refractivity contribution in [2.75, 3.05) is 17.2 Å². The van der Waals surface area contributed by atoms with Crippen LogP contribution in [0.2, 0.25) is 0 Å². The van der Waals surface area contributed by atoms with E-state index in [0.717, 1.165) is 23.3 Å². The molecule has 0 radical (unpaired) electrons. The van der Waals surface area contributed by atoms with Crippen LogP contribution in [-0.4, -0.2) is 16.5 Å². The lowest BCUT2D eigenvalue weighted by Gasteiger charge is -2.32. The number of nitrogens with one attached hydrogen (secondary N) is 2. The molecule has 140 valence electrons. The lowest BCUT2D eigenvalue weighted by molar-refractivity contribution is 0.320. The Morgan fingerprint density at radius 3 is 2.44 bits per heavy atom. The zero-order chi connectivity index (χ0) is 18.5. The first-order valence-corrected chi connectivity index (χ1v) is 10.2. The number of hydrogen-bond donors (Lipinski definition) is 2. The van der Waals surface area contributed by atoms with E-state index in [0.29, 0.717) is 11.9 Å². The molecular weight excluding hydrogens is 332 g/mol. The molecule has 4 rings (SSSR count). The van der Waals surface area contributed by atoms with Crippen molar-refractivity contribution in [3.05, 3.63) is 60.2 Å². The predicted molar refractivity (Wildman–Crippen MR) is 113 cm³/mol. The van der Waals surface area contributed by atoms with E-state index < -0.39 is 0 Å². The number of hydrogen-bond acceptors (Lipinski definition) is 4. The molecule has 4 nitrogen and oxygen atoms in total. The molecule has 27 heavy (non-hydrogen) atoms. The second kappa shape index (κ2) is 8.38. The van der Waals surface area contributed by atoms with Crippen molar-refractivity contribution in [3.8, 4) is 0 Å². The first-order chi connectivity index (χ1) is 13.3. The minimum absolute atomic E-state index is 0.277. The van der Waals surface area contributed by atoms with Crippen molar-refractivity contribution in [3.63, 3.8) is 0 Å². The van der Waals surface area contributed by atoms with Crippen LogP contribution < -0.4 is 10.6 Å². The highest BCUT2D eigenvalue weighted by molar-refractivity contribution is 5.90. The van der Waals surface area contributed by atoms with Crippen LogP contribution in [-0.2, 0) is 0 Å². The fourth-order valence-electron chi connectivity index (χ4n) is 4.17. The molecule has 1 unspecified atom stereocenters. The monoisotopic (exact) mass is 360 g/mol. The molecule has 0 spiro atoms. The Morgan fingerprint density at radius 2 is 1.67 bits per heavy atom. The number of aromatic nitrogens is 2. The summed E-state index contributed by atoms with van der Waals surface area (Å²) in [5, 5.41) is 8.17. The van der Waals surface area contributed by atoms with Crippen LogP contribution in [0, 0.1) is 5.92 Å². The molecule has 2 aromatic carbocycles. The topological polar surface area (TPSA) is 49.8 Å². The van der Waals surface area contributed by atoms with Crippen LogP contribution in [0.15, 0.2) is 54.6 Å². The summed E-state index contributed by atoms with van der Waals surface area (Å²) >= 11 is 0. The van der Waals surface area contributed by atoms with E-state index in [4.69, 9.17) is 4.98 Å². The van der Waals surface area contributed by atoms with Gasteiger partial charge in [0.25, 0.3) is 0 Å². The number of para-hydroxylation sites is 1. The van der Waals surface area contributed by atoms with E-state index in [9.17, 15) is 0 Å². The standard InChI is InChI=1S/C23H28N4/c1-2-24-23-25-20-16-10-9-15-19(20)22(27-23)26-21(17-11-5-3-6-12-17)18-13-7-4-8-14-18/h3,5-6,9-12,15-16,18,21H,2,4,7-8,13-14H2,1H3,(H2,24,25,26,27). The molecule has 4 heteroatoms. The Balaban J connectivity index is 1.74. The van der Waals surface area contributed by atoms with E-state index in [1.807, 2.05) is 6.07 Å². The molecule has 0 aliphatic heterocycles. The quantitative estimate of drug-likeness (QED) is 0.584. The maximum Gasteiger partial charge on any atom is 0.225 e. The minimum Gasteiger partial charge on any atom is -0.362 e. The molecule has 0 saturated heterocycles. The van der Waals surface area contributed by atoms with E-state index in [1.165, 1.54) is 37.7 Å². The van der Waals surface area contributed by atoms with E-state index >= 15 is 0 Å². The van der Waals surface area contributed by atoms with Crippen molar-refractivity contribution in [1.29, 1.82) is 0 Å². The van der Waals surface area contributed by atoms with Gasteiger partial charge < -0.3 is 10.6 Å². The van der Waals surface area contributed by atoms with Gasteiger partial charge in [-0.2, -0.15) is 4.98 Å². The second-order valence-electron chi connectivity index (χ2n) is 7.37. The molecule has 1 aliphatic carbocycles. The Morgan fingerprint density at radius 1 is 0.926 bits per heavy atom. The van der Waals surface area contributed by atoms with E-state index in [-0.39, 0.29) is 6.04 Å². The van der Waals surface area contributed by atoms with Gasteiger partial charge in [0, 0.05) is 11.9 Å². The van der Waals surface area contributed by atoms with Gasteiger partial charge in [0.05, 0.1) is 11.6 Å². The van der Waals surface area contributed by atoms with Crippen LogP contribution in [0.1, 0.15) is 50.6 Å². The van der Waals surface area contributed by atoms with Crippen LogP contribution >= 0.6 is 0 Å².